The summed E-state index contributed by atoms with van der Waals surface area (Å²) in [5.74, 6) is 1.02. The summed E-state index contributed by atoms with van der Waals surface area (Å²) in [7, 11) is 0. The first-order valence-corrected chi connectivity index (χ1v) is 9.20. The van der Waals surface area contributed by atoms with Crippen LogP contribution in [0.3, 0.4) is 0 Å². The van der Waals surface area contributed by atoms with E-state index in [4.69, 9.17) is 16.3 Å². The highest BCUT2D eigenvalue weighted by molar-refractivity contribution is 6.30. The topological polar surface area (TPSA) is 47.2 Å². The van der Waals surface area contributed by atoms with Crippen molar-refractivity contribution >= 4 is 17.5 Å². The lowest BCUT2D eigenvalue weighted by molar-refractivity contribution is -1.02. The van der Waals surface area contributed by atoms with Gasteiger partial charge in [-0.05, 0) is 45.0 Å². The second-order valence-electron chi connectivity index (χ2n) is 6.85. The van der Waals surface area contributed by atoms with Crippen molar-refractivity contribution in [2.75, 3.05) is 39.3 Å². The van der Waals surface area contributed by atoms with Crippen LogP contribution in [0.1, 0.15) is 20.8 Å². The van der Waals surface area contributed by atoms with Crippen molar-refractivity contribution in [3.8, 4) is 5.75 Å². The Bertz CT molecular complexity index is 514. The number of rotatable bonds is 7. The summed E-state index contributed by atoms with van der Waals surface area (Å²) in [6, 6.07) is 7.71. The predicted octanol–water partition coefficient (Wildman–Crippen LogP) is -0.585. The lowest BCUT2D eigenvalue weighted by Gasteiger charge is -2.32. The molecule has 3 N–H and O–H groups in total. The Morgan fingerprint density at radius 2 is 1.79 bits per heavy atom. The van der Waals surface area contributed by atoms with E-state index in [1.165, 1.54) is 4.90 Å². The molecule has 134 valence electrons. The Morgan fingerprint density at radius 3 is 2.38 bits per heavy atom. The molecule has 0 radical (unpaired) electrons. The second-order valence-corrected chi connectivity index (χ2v) is 7.28. The number of carbonyl (C=O) groups is 1. The summed E-state index contributed by atoms with van der Waals surface area (Å²) in [5, 5.41) is 3.74. The average molecular weight is 356 g/mol. The van der Waals surface area contributed by atoms with Gasteiger partial charge in [-0.25, -0.2) is 0 Å². The Kier molecular flexibility index (Phi) is 7.34. The van der Waals surface area contributed by atoms with Crippen molar-refractivity contribution in [2.45, 2.75) is 32.9 Å². The SMILES string of the molecule is CC(C)NC(=O)[C@H](C)[NH+]1CC[NH+](CCOc2ccc(Cl)cc2)CC1. The first-order valence-electron chi connectivity index (χ1n) is 8.82. The van der Waals surface area contributed by atoms with Gasteiger partial charge in [0.2, 0.25) is 0 Å². The molecule has 0 saturated carbocycles. The van der Waals surface area contributed by atoms with Crippen LogP contribution >= 0.6 is 11.6 Å². The molecule has 1 atom stereocenters. The maximum absolute atomic E-state index is 12.1. The molecule has 1 fully saturated rings. The molecule has 1 amide bonds. The highest BCUT2D eigenvalue weighted by Gasteiger charge is 2.30. The van der Waals surface area contributed by atoms with Crippen LogP contribution in [0.15, 0.2) is 24.3 Å². The molecule has 0 unspecified atom stereocenters. The number of benzene rings is 1. The Morgan fingerprint density at radius 1 is 1.17 bits per heavy atom. The maximum Gasteiger partial charge on any atom is 0.278 e. The van der Waals surface area contributed by atoms with E-state index >= 15 is 0 Å². The van der Waals surface area contributed by atoms with Crippen molar-refractivity contribution in [2.24, 2.45) is 0 Å². The maximum atomic E-state index is 12.1. The molecule has 1 heterocycles. The van der Waals surface area contributed by atoms with Gasteiger partial charge < -0.3 is 19.9 Å². The van der Waals surface area contributed by atoms with Crippen LogP contribution in [0.2, 0.25) is 5.02 Å². The van der Waals surface area contributed by atoms with Crippen LogP contribution in [0.25, 0.3) is 0 Å². The molecule has 1 saturated heterocycles. The van der Waals surface area contributed by atoms with Crippen LogP contribution in [0.5, 0.6) is 5.75 Å². The van der Waals surface area contributed by atoms with Gasteiger partial charge in [0.1, 0.15) is 45.1 Å². The molecule has 1 aliphatic heterocycles. The van der Waals surface area contributed by atoms with Crippen LogP contribution in [-0.2, 0) is 4.79 Å². The van der Waals surface area contributed by atoms with Crippen molar-refractivity contribution in [3.63, 3.8) is 0 Å². The molecule has 24 heavy (non-hydrogen) atoms. The molecule has 1 aromatic carbocycles. The third-order valence-electron chi connectivity index (χ3n) is 4.57. The van der Waals surface area contributed by atoms with E-state index in [1.54, 1.807) is 4.90 Å². The van der Waals surface area contributed by atoms with Gasteiger partial charge in [0.15, 0.2) is 6.04 Å². The van der Waals surface area contributed by atoms with E-state index in [0.29, 0.717) is 6.61 Å². The third-order valence-corrected chi connectivity index (χ3v) is 4.83. The smallest absolute Gasteiger partial charge is 0.278 e. The summed E-state index contributed by atoms with van der Waals surface area (Å²) in [6.45, 7) is 12.0. The first-order chi connectivity index (χ1) is 11.5. The minimum absolute atomic E-state index is 0.0271. The molecular weight excluding hydrogens is 326 g/mol. The number of carbonyl (C=O) groups excluding carboxylic acids is 1. The molecule has 0 aromatic heterocycles. The summed E-state index contributed by atoms with van der Waals surface area (Å²) in [6.07, 6.45) is 0. The van der Waals surface area contributed by atoms with Crippen LogP contribution < -0.4 is 19.9 Å². The molecule has 1 aromatic rings. The van der Waals surface area contributed by atoms with Gasteiger partial charge in [0.25, 0.3) is 5.91 Å². The fourth-order valence-corrected chi connectivity index (χ4v) is 3.17. The molecule has 2 rings (SSSR count). The van der Waals surface area contributed by atoms with Crippen LogP contribution in [-0.4, -0.2) is 57.3 Å². The number of piperazine rings is 1. The summed E-state index contributed by atoms with van der Waals surface area (Å²) in [5.41, 5.74) is 0. The Balaban J connectivity index is 1.67. The summed E-state index contributed by atoms with van der Waals surface area (Å²) >= 11 is 5.87. The van der Waals surface area contributed by atoms with E-state index in [2.05, 4.69) is 5.32 Å². The third kappa shape index (κ3) is 5.96. The van der Waals surface area contributed by atoms with E-state index in [0.717, 1.165) is 43.5 Å². The predicted molar refractivity (Wildman–Crippen MR) is 95.9 cm³/mol. The van der Waals surface area contributed by atoms with E-state index < -0.39 is 0 Å². The minimum Gasteiger partial charge on any atom is -0.488 e. The van der Waals surface area contributed by atoms with E-state index in [-0.39, 0.29) is 18.0 Å². The number of quaternary nitrogens is 2. The van der Waals surface area contributed by atoms with Crippen molar-refractivity contribution in [1.29, 1.82) is 0 Å². The zero-order chi connectivity index (χ0) is 17.5. The number of amides is 1. The zero-order valence-electron chi connectivity index (χ0n) is 14.9. The van der Waals surface area contributed by atoms with Crippen molar-refractivity contribution in [1.82, 2.24) is 5.32 Å². The van der Waals surface area contributed by atoms with Gasteiger partial charge in [-0.1, -0.05) is 11.6 Å². The fourth-order valence-electron chi connectivity index (χ4n) is 3.05. The largest absolute Gasteiger partial charge is 0.488 e. The number of ether oxygens (including phenoxy) is 1. The number of halogens is 1. The average Bonchev–Trinajstić information content (AvgIpc) is 2.56. The molecule has 0 bridgehead atoms. The molecule has 1 aliphatic rings. The monoisotopic (exact) mass is 355 g/mol. The molecule has 5 nitrogen and oxygen atoms in total. The number of hydrogen-bond acceptors (Lipinski definition) is 2. The molecule has 6 heteroatoms. The van der Waals surface area contributed by atoms with Gasteiger partial charge in [0, 0.05) is 11.1 Å². The van der Waals surface area contributed by atoms with Crippen LogP contribution in [0.4, 0.5) is 0 Å². The van der Waals surface area contributed by atoms with Gasteiger partial charge in [-0.3, -0.25) is 4.79 Å². The fraction of sp³-hybridized carbons (Fsp3) is 0.611. The number of nitrogens with one attached hydrogen (secondary N) is 3. The second kappa shape index (κ2) is 9.25. The van der Waals surface area contributed by atoms with Gasteiger partial charge in [0.05, 0.1) is 0 Å². The van der Waals surface area contributed by atoms with E-state index in [9.17, 15) is 4.79 Å². The minimum atomic E-state index is 0.0271. The Hall–Kier alpha value is -1.30. The molecule has 0 aliphatic carbocycles. The highest BCUT2D eigenvalue weighted by atomic mass is 35.5. The van der Waals surface area contributed by atoms with Crippen LogP contribution in [0, 0.1) is 0 Å². The molecule has 0 spiro atoms. The van der Waals surface area contributed by atoms with Crippen molar-refractivity contribution in [3.05, 3.63) is 29.3 Å². The number of hydrogen-bond donors (Lipinski definition) is 3. The highest BCUT2D eigenvalue weighted by Crippen LogP contribution is 2.14. The standard InChI is InChI=1S/C18H28ClN3O2/c1-14(2)20-18(23)15(3)22-10-8-21(9-11-22)12-13-24-17-6-4-16(19)5-7-17/h4-7,14-15H,8-13H2,1-3H3,(H,20,23)/p+2/t15-/m0/s1. The van der Waals surface area contributed by atoms with Crippen molar-refractivity contribution < 1.29 is 19.3 Å². The van der Waals surface area contributed by atoms with E-state index in [1.807, 2.05) is 45.0 Å². The quantitative estimate of drug-likeness (QED) is 0.612. The molecular formula is C18H30ClN3O2+2. The normalized spacial score (nSPS) is 22.2. The summed E-state index contributed by atoms with van der Waals surface area (Å²) in [4.78, 5) is 15.0. The van der Waals surface area contributed by atoms with Gasteiger partial charge in [-0.2, -0.15) is 0 Å². The first kappa shape index (κ1) is 19.0. The van der Waals surface area contributed by atoms with Gasteiger partial charge in [-0.15, -0.1) is 0 Å². The zero-order valence-corrected chi connectivity index (χ0v) is 15.7. The van der Waals surface area contributed by atoms with Gasteiger partial charge >= 0.3 is 0 Å². The Labute approximate surface area is 149 Å². The summed E-state index contributed by atoms with van der Waals surface area (Å²) < 4.78 is 5.77. The lowest BCUT2D eigenvalue weighted by Crippen LogP contribution is -3.30. The lowest BCUT2D eigenvalue weighted by atomic mass is 10.2.